The van der Waals surface area contributed by atoms with Crippen LogP contribution in [0.5, 0.6) is 5.88 Å². The van der Waals surface area contributed by atoms with Crippen molar-refractivity contribution in [2.75, 3.05) is 43.1 Å². The fourth-order valence-corrected chi connectivity index (χ4v) is 4.55. The Hall–Kier alpha value is -2.01. The van der Waals surface area contributed by atoms with Crippen molar-refractivity contribution >= 4 is 23.0 Å². The number of hydrogen-bond donors (Lipinski definition) is 0. The lowest BCUT2D eigenvalue weighted by molar-refractivity contribution is 0.392. The summed E-state index contributed by atoms with van der Waals surface area (Å²) in [5, 5.41) is 0.688. The van der Waals surface area contributed by atoms with E-state index in [1.54, 1.807) is 13.3 Å². The van der Waals surface area contributed by atoms with Gasteiger partial charge in [0.25, 0.3) is 0 Å². The fourth-order valence-electron chi connectivity index (χ4n) is 4.33. The molecule has 4 rings (SSSR count). The topological polar surface area (TPSA) is 41.5 Å². The average molecular weight is 401 g/mol. The number of ether oxygens (including phenoxy) is 1. The molecule has 2 fully saturated rings. The summed E-state index contributed by atoms with van der Waals surface area (Å²) in [7, 11) is 1.63. The highest BCUT2D eigenvalue weighted by Gasteiger charge is 2.23. The Labute approximate surface area is 172 Å². The van der Waals surface area contributed by atoms with Crippen molar-refractivity contribution in [1.82, 2.24) is 9.97 Å². The first kappa shape index (κ1) is 19.3. The molecule has 2 aromatic rings. The van der Waals surface area contributed by atoms with Crippen LogP contribution in [0.2, 0.25) is 5.02 Å². The fraction of sp³-hybridized carbons (Fsp3) is 0.545. The lowest BCUT2D eigenvalue weighted by Gasteiger charge is -2.34. The third kappa shape index (κ3) is 4.35. The van der Waals surface area contributed by atoms with Crippen LogP contribution in [-0.4, -0.2) is 43.3 Å². The largest absolute Gasteiger partial charge is 0.481 e. The zero-order valence-corrected chi connectivity index (χ0v) is 17.5. The minimum Gasteiger partial charge on any atom is -0.481 e. The Morgan fingerprint density at radius 1 is 1.07 bits per heavy atom. The van der Waals surface area contributed by atoms with E-state index in [-0.39, 0.29) is 0 Å². The minimum atomic E-state index is 0.609. The molecule has 1 unspecified atom stereocenters. The van der Waals surface area contributed by atoms with Gasteiger partial charge in [0, 0.05) is 37.9 Å². The summed E-state index contributed by atoms with van der Waals surface area (Å²) in [6.45, 7) is 6.64. The lowest BCUT2D eigenvalue weighted by Crippen LogP contribution is -2.34. The monoisotopic (exact) mass is 400 g/mol. The van der Waals surface area contributed by atoms with E-state index in [0.29, 0.717) is 16.8 Å². The number of anilines is 2. The molecular formula is C22H29ClN4O. The average Bonchev–Trinajstić information content (AvgIpc) is 3.16. The van der Waals surface area contributed by atoms with Gasteiger partial charge < -0.3 is 14.5 Å². The molecular weight excluding hydrogens is 372 g/mol. The van der Waals surface area contributed by atoms with Gasteiger partial charge in [-0.3, -0.25) is 4.98 Å². The van der Waals surface area contributed by atoms with Crippen LogP contribution in [0, 0.1) is 11.8 Å². The Morgan fingerprint density at radius 3 is 2.50 bits per heavy atom. The molecule has 2 aromatic heterocycles. The van der Waals surface area contributed by atoms with Crippen LogP contribution in [0.4, 0.5) is 11.4 Å². The van der Waals surface area contributed by atoms with Crippen molar-refractivity contribution < 1.29 is 4.74 Å². The number of piperidine rings is 1. The highest BCUT2D eigenvalue weighted by atomic mass is 35.5. The second kappa shape index (κ2) is 8.56. The maximum absolute atomic E-state index is 6.36. The van der Waals surface area contributed by atoms with Gasteiger partial charge in [0.1, 0.15) is 0 Å². The van der Waals surface area contributed by atoms with Gasteiger partial charge in [0.05, 0.1) is 35.9 Å². The first-order valence-corrected chi connectivity index (χ1v) is 10.6. The van der Waals surface area contributed by atoms with E-state index in [1.807, 2.05) is 6.07 Å². The van der Waals surface area contributed by atoms with E-state index in [1.165, 1.54) is 17.8 Å². The molecule has 0 N–H and O–H groups in total. The van der Waals surface area contributed by atoms with Gasteiger partial charge in [-0.05, 0) is 49.7 Å². The Bertz CT molecular complexity index is 790. The van der Waals surface area contributed by atoms with Crippen LogP contribution in [0.3, 0.4) is 0 Å². The van der Waals surface area contributed by atoms with Gasteiger partial charge in [-0.1, -0.05) is 18.5 Å². The molecule has 6 heteroatoms. The smallest absolute Gasteiger partial charge is 0.215 e. The van der Waals surface area contributed by atoms with Gasteiger partial charge in [-0.2, -0.15) is 0 Å². The molecule has 28 heavy (non-hydrogen) atoms. The van der Waals surface area contributed by atoms with Gasteiger partial charge >= 0.3 is 0 Å². The number of nitrogens with zero attached hydrogens (tertiary/aromatic N) is 4. The number of methoxy groups -OCH3 is 1. The molecule has 4 heterocycles. The summed E-state index contributed by atoms with van der Waals surface area (Å²) in [5.74, 6) is 2.07. The first-order valence-electron chi connectivity index (χ1n) is 10.3. The molecule has 1 atom stereocenters. The molecule has 0 spiro atoms. The highest BCUT2D eigenvalue weighted by Crippen LogP contribution is 2.32. The Kier molecular flexibility index (Phi) is 5.90. The molecule has 2 saturated heterocycles. The van der Waals surface area contributed by atoms with Gasteiger partial charge in [-0.15, -0.1) is 0 Å². The molecule has 0 aromatic carbocycles. The van der Waals surface area contributed by atoms with E-state index in [0.717, 1.165) is 57.0 Å². The summed E-state index contributed by atoms with van der Waals surface area (Å²) < 4.78 is 5.24. The third-order valence-corrected chi connectivity index (χ3v) is 6.36. The molecule has 0 aliphatic carbocycles. The van der Waals surface area contributed by atoms with Crippen LogP contribution in [0.15, 0.2) is 30.6 Å². The van der Waals surface area contributed by atoms with Crippen LogP contribution < -0.4 is 14.5 Å². The number of aromatic nitrogens is 2. The summed E-state index contributed by atoms with van der Waals surface area (Å²) in [5.41, 5.74) is 3.50. The second-order valence-electron chi connectivity index (χ2n) is 8.16. The molecule has 0 bridgehead atoms. The van der Waals surface area contributed by atoms with Gasteiger partial charge in [0.15, 0.2) is 0 Å². The first-order chi connectivity index (χ1) is 13.6. The molecule has 150 valence electrons. The number of rotatable bonds is 5. The number of pyridine rings is 2. The van der Waals surface area contributed by atoms with Crippen LogP contribution in [0.1, 0.15) is 31.9 Å². The van der Waals surface area contributed by atoms with Crippen molar-refractivity contribution in [2.24, 2.45) is 11.8 Å². The third-order valence-electron chi connectivity index (χ3n) is 6.07. The normalized spacial score (nSPS) is 20.6. The van der Waals surface area contributed by atoms with Crippen LogP contribution in [0.25, 0.3) is 0 Å². The molecule has 5 nitrogen and oxygen atoms in total. The van der Waals surface area contributed by atoms with E-state index in [2.05, 4.69) is 40.0 Å². The van der Waals surface area contributed by atoms with E-state index < -0.39 is 0 Å². The van der Waals surface area contributed by atoms with E-state index in [9.17, 15) is 0 Å². The van der Waals surface area contributed by atoms with Crippen LogP contribution >= 0.6 is 11.6 Å². The van der Waals surface area contributed by atoms with Gasteiger partial charge in [0.2, 0.25) is 5.88 Å². The Balaban J connectivity index is 1.32. The molecule has 0 radical (unpaired) electrons. The summed E-state index contributed by atoms with van der Waals surface area (Å²) in [4.78, 5) is 13.7. The predicted octanol–water partition coefficient (Wildman–Crippen LogP) is 4.44. The van der Waals surface area contributed by atoms with Crippen molar-refractivity contribution in [3.05, 3.63) is 41.3 Å². The SMILES string of the molecule is COc1cc(N2CCC(Cc3ccc(N4CCC(C)C4)cn3)CC2)c(Cl)cn1. The minimum absolute atomic E-state index is 0.609. The zero-order chi connectivity index (χ0) is 19.5. The van der Waals surface area contributed by atoms with E-state index in [4.69, 9.17) is 21.3 Å². The van der Waals surface area contributed by atoms with E-state index >= 15 is 0 Å². The van der Waals surface area contributed by atoms with Crippen LogP contribution in [-0.2, 0) is 6.42 Å². The lowest BCUT2D eigenvalue weighted by atomic mass is 9.91. The maximum Gasteiger partial charge on any atom is 0.215 e. The highest BCUT2D eigenvalue weighted by molar-refractivity contribution is 6.33. The van der Waals surface area contributed by atoms with Crippen molar-refractivity contribution in [3.63, 3.8) is 0 Å². The number of halogens is 1. The standard InChI is InChI=1S/C22H29ClN4O/c1-16-5-8-27(15-16)19-4-3-18(24-13-19)11-17-6-9-26(10-7-17)21-12-22(28-2)25-14-20(21)23/h3-4,12-14,16-17H,5-11,15H2,1-2H3. The molecule has 2 aliphatic rings. The Morgan fingerprint density at radius 2 is 1.86 bits per heavy atom. The quantitative estimate of drug-likeness (QED) is 0.741. The molecule has 0 amide bonds. The van der Waals surface area contributed by atoms with Crippen molar-refractivity contribution in [1.29, 1.82) is 0 Å². The predicted molar refractivity (Wildman–Crippen MR) is 115 cm³/mol. The summed E-state index contributed by atoms with van der Waals surface area (Å²) in [6.07, 6.45) is 8.37. The van der Waals surface area contributed by atoms with Gasteiger partial charge in [-0.25, -0.2) is 4.98 Å². The van der Waals surface area contributed by atoms with Crippen molar-refractivity contribution in [2.45, 2.75) is 32.6 Å². The summed E-state index contributed by atoms with van der Waals surface area (Å²) in [6, 6.07) is 6.40. The zero-order valence-electron chi connectivity index (χ0n) is 16.8. The molecule has 0 saturated carbocycles. The number of hydrogen-bond acceptors (Lipinski definition) is 5. The van der Waals surface area contributed by atoms with Crippen molar-refractivity contribution in [3.8, 4) is 5.88 Å². The second-order valence-corrected chi connectivity index (χ2v) is 8.57. The maximum atomic E-state index is 6.36. The molecule has 2 aliphatic heterocycles. The summed E-state index contributed by atoms with van der Waals surface area (Å²) >= 11 is 6.36.